The molecule has 0 aliphatic carbocycles. The van der Waals surface area contributed by atoms with Gasteiger partial charge in [0.15, 0.2) is 15.4 Å². The van der Waals surface area contributed by atoms with Crippen LogP contribution in [0.2, 0.25) is 5.15 Å². The minimum Gasteiger partial charge on any atom is -0.475 e. The van der Waals surface area contributed by atoms with Gasteiger partial charge in [-0.3, -0.25) is 30.9 Å². The zero-order valence-electron chi connectivity index (χ0n) is 54.9. The van der Waals surface area contributed by atoms with Crippen LogP contribution in [0.4, 0.5) is 42.0 Å². The van der Waals surface area contributed by atoms with Gasteiger partial charge in [0.1, 0.15) is 87.9 Å². The molecule has 10 aromatic heterocycles. The molecule has 0 radical (unpaired) electrons. The number of nitrogens with one attached hydrogen (secondary N) is 4. The number of amides is 4. The van der Waals surface area contributed by atoms with Gasteiger partial charge < -0.3 is 69.5 Å². The van der Waals surface area contributed by atoms with Crippen LogP contribution in [-0.2, 0) is 23.7 Å². The summed E-state index contributed by atoms with van der Waals surface area (Å²) in [6, 6.07) is 9.30. The minimum atomic E-state index is -0.534. The lowest BCUT2D eigenvalue weighted by Gasteiger charge is -2.09. The summed E-state index contributed by atoms with van der Waals surface area (Å²) in [6.45, 7) is 9.26. The Labute approximate surface area is 640 Å². The number of methoxy groups -OCH3 is 5. The summed E-state index contributed by atoms with van der Waals surface area (Å²) >= 11 is 25.6. The van der Waals surface area contributed by atoms with Gasteiger partial charge in [0, 0.05) is 84.3 Å². The van der Waals surface area contributed by atoms with Crippen molar-refractivity contribution in [2.45, 2.75) is 13.8 Å². The van der Waals surface area contributed by atoms with Crippen molar-refractivity contribution in [1.82, 2.24) is 65.5 Å². The molecule has 0 fully saturated rings. The maximum absolute atomic E-state index is 11.7. The van der Waals surface area contributed by atoms with Gasteiger partial charge in [-0.05, 0) is 118 Å². The molecule has 0 unspecified atom stereocenters. The SMILES string of the molecule is CCNC(=O)Nc1nc2cc(-c3cncnc3)c(OCCOC)nc2s1.CCNC(=O)Nc1nc2cc(Br)c(OCCOC)nc2s1.COCCOc1nc2sc(N)nc2cc1Br.COCCOc1ncc(N)cc1Br.COCCOc1ncc([N+](=O)[O-])cc1Br.O=[N+]([O-])c1cnc(Cl)c(Br)c1. The van der Waals surface area contributed by atoms with E-state index in [9.17, 15) is 29.8 Å². The van der Waals surface area contributed by atoms with E-state index in [0.717, 1.165) is 42.8 Å². The van der Waals surface area contributed by atoms with Crippen LogP contribution in [0.3, 0.4) is 0 Å². The summed E-state index contributed by atoms with van der Waals surface area (Å²) in [6.07, 6.45) is 8.61. The first kappa shape index (κ1) is 84.7. The third kappa shape index (κ3) is 29.1. The molecule has 8 N–H and O–H groups in total. The van der Waals surface area contributed by atoms with Gasteiger partial charge in [0.05, 0.1) is 77.1 Å². The predicted octanol–water partition coefficient (Wildman–Crippen LogP) is 12.6. The highest BCUT2D eigenvalue weighted by Gasteiger charge is 2.18. The van der Waals surface area contributed by atoms with Crippen LogP contribution >= 0.6 is 125 Å². The molecule has 548 valence electrons. The van der Waals surface area contributed by atoms with Gasteiger partial charge in [-0.15, -0.1) is 0 Å². The number of hydrogen-bond donors (Lipinski definition) is 6. The average Bonchev–Trinajstić information content (AvgIpc) is 1.60. The molecule has 10 rings (SSSR count). The number of nitro groups is 2. The maximum Gasteiger partial charge on any atom is 0.321 e. The number of nitrogen functional groups attached to an aromatic ring is 2. The number of nitrogens with two attached hydrogens (primary N) is 2. The van der Waals surface area contributed by atoms with E-state index in [0.29, 0.717) is 164 Å². The number of nitrogens with zero attached hydrogens (tertiary/aromatic N) is 13. The van der Waals surface area contributed by atoms with Crippen molar-refractivity contribution in [1.29, 1.82) is 0 Å². The lowest BCUT2D eigenvalue weighted by molar-refractivity contribution is -0.385. The Morgan fingerprint density at radius 2 is 0.863 bits per heavy atom. The molecule has 10 heterocycles. The number of fused-ring (bicyclic) bond motifs is 3. The molecule has 10 aromatic rings. The molecule has 0 saturated carbocycles. The van der Waals surface area contributed by atoms with Crippen LogP contribution in [0, 0.1) is 20.2 Å². The number of urea groups is 2. The molecule has 0 aliphatic rings. The van der Waals surface area contributed by atoms with Crippen molar-refractivity contribution in [2.24, 2.45) is 0 Å². The lowest BCUT2D eigenvalue weighted by atomic mass is 10.1. The van der Waals surface area contributed by atoms with Gasteiger partial charge >= 0.3 is 12.1 Å². The molecular formula is C58H65Br5ClN19O16S3. The highest BCUT2D eigenvalue weighted by molar-refractivity contribution is 9.11. The molecule has 0 aromatic carbocycles. The maximum atomic E-state index is 11.7. The van der Waals surface area contributed by atoms with Crippen LogP contribution in [-0.4, -0.2) is 191 Å². The number of pyridine rings is 6. The Morgan fingerprint density at radius 3 is 1.29 bits per heavy atom. The molecule has 0 spiro atoms. The molecule has 102 heavy (non-hydrogen) atoms. The summed E-state index contributed by atoms with van der Waals surface area (Å²) in [5.41, 5.74) is 15.2. The van der Waals surface area contributed by atoms with Crippen molar-refractivity contribution < 1.29 is 66.8 Å². The van der Waals surface area contributed by atoms with Crippen molar-refractivity contribution in [2.75, 3.05) is 137 Å². The third-order valence-corrected chi connectivity index (χ3v) is 17.4. The third-order valence-electron chi connectivity index (χ3n) is 11.4. The molecule has 4 amide bonds. The van der Waals surface area contributed by atoms with E-state index in [2.05, 4.69) is 156 Å². The average molecular weight is 1820 g/mol. The normalized spacial score (nSPS) is 10.4. The van der Waals surface area contributed by atoms with E-state index in [1.165, 1.54) is 52.5 Å². The highest BCUT2D eigenvalue weighted by atomic mass is 79.9. The zero-order chi connectivity index (χ0) is 74.5. The number of anilines is 4. The number of hydrogen-bond acceptors (Lipinski definition) is 32. The van der Waals surface area contributed by atoms with Crippen LogP contribution < -0.4 is 56.4 Å². The van der Waals surface area contributed by atoms with Crippen molar-refractivity contribution in [3.8, 4) is 40.5 Å². The van der Waals surface area contributed by atoms with Crippen LogP contribution in [0.1, 0.15) is 13.8 Å². The smallest absolute Gasteiger partial charge is 0.321 e. The largest absolute Gasteiger partial charge is 0.475 e. The Bertz CT molecular complexity index is 4320. The molecule has 0 bridgehead atoms. The van der Waals surface area contributed by atoms with Gasteiger partial charge in [-0.1, -0.05) is 45.6 Å². The summed E-state index contributed by atoms with van der Waals surface area (Å²) in [5, 5.41) is 32.9. The van der Waals surface area contributed by atoms with E-state index >= 15 is 0 Å². The van der Waals surface area contributed by atoms with E-state index < -0.39 is 9.85 Å². The second-order valence-corrected chi connectivity index (χ2v) is 26.4. The van der Waals surface area contributed by atoms with E-state index in [1.807, 2.05) is 32.0 Å². The van der Waals surface area contributed by atoms with E-state index in [4.69, 9.17) is 70.4 Å². The Morgan fingerprint density at radius 1 is 0.480 bits per heavy atom. The zero-order valence-corrected chi connectivity index (χ0v) is 66.0. The first-order valence-electron chi connectivity index (χ1n) is 29.2. The van der Waals surface area contributed by atoms with Crippen molar-refractivity contribution in [3.63, 3.8) is 0 Å². The minimum absolute atomic E-state index is 0.0822. The standard InChI is InChI=1S/C16H18N6O3S.C12H15BrN4O3S.C9H10BrN3O2S.C8H9BrN2O4.C8H11BrN2O2.C5H2BrClN2O2/c1-3-19-15(23)22-16-20-12-6-11(10-7-17-9-18-8-10)13(21-14(12)26-16)25-5-4-24-2;1-3-14-11(18)17-12-15-8-6-7(13)9(16-10(8)21-12)20-5-4-19-2;1-14-2-3-15-7-5(10)4-6-8(13-7)16-9(11)12-6;1-14-2-3-15-8-7(9)4-6(5-10-8)11(12)13;1-12-2-3-13-8-7(9)4-6(10)5-11-8;6-4-1-3(9(10)11)2-8-5(4)7/h6-9H,3-5H2,1-2H3,(H2,19,20,22,23);6H,3-5H2,1-2H3,(H2,14,15,17,18);4H,2-3H2,1H3,(H2,11,12);4-5H,2-3H2,1H3;4-5H,2-3,10H2,1H3;1-2H. The summed E-state index contributed by atoms with van der Waals surface area (Å²) in [5.74, 6) is 2.31. The number of carbonyl (C=O) groups excluding carboxylic acids is 2. The number of thiazole rings is 3. The highest BCUT2D eigenvalue weighted by Crippen LogP contribution is 2.36. The monoisotopic (exact) mass is 1810 g/mol. The fourth-order valence-corrected chi connectivity index (χ4v) is 11.5. The number of ether oxygens (including phenoxy) is 10. The Balaban J connectivity index is 0.000000226. The molecule has 0 aliphatic heterocycles. The fraction of sp³-hybridized carbons (Fsp3) is 0.328. The lowest BCUT2D eigenvalue weighted by Crippen LogP contribution is -2.28. The summed E-state index contributed by atoms with van der Waals surface area (Å²) in [7, 11) is 8.02. The second kappa shape index (κ2) is 45.9. The van der Waals surface area contributed by atoms with Crippen LogP contribution in [0.15, 0.2) is 96.1 Å². The van der Waals surface area contributed by atoms with E-state index in [-0.39, 0.29) is 28.6 Å². The van der Waals surface area contributed by atoms with Gasteiger partial charge in [0.2, 0.25) is 29.4 Å². The quantitative estimate of drug-likeness (QED) is 0.0120. The first-order chi connectivity index (χ1) is 49.0. The summed E-state index contributed by atoms with van der Waals surface area (Å²) in [4.78, 5) is 90.4. The topological polar surface area (TPSA) is 455 Å². The Hall–Kier alpha value is -7.92. The predicted molar refractivity (Wildman–Crippen MR) is 404 cm³/mol. The van der Waals surface area contributed by atoms with Gasteiger partial charge in [-0.25, -0.2) is 54.4 Å². The van der Waals surface area contributed by atoms with Gasteiger partial charge in [-0.2, -0.15) is 9.97 Å². The molecule has 0 atom stereocenters. The van der Waals surface area contributed by atoms with E-state index in [1.54, 1.807) is 60.2 Å². The first-order valence-corrected chi connectivity index (χ1v) is 36.0. The second-order valence-electron chi connectivity index (χ2n) is 18.8. The fourth-order valence-electron chi connectivity index (χ4n) is 6.97. The van der Waals surface area contributed by atoms with Crippen LogP contribution in [0.25, 0.3) is 42.2 Å². The summed E-state index contributed by atoms with van der Waals surface area (Å²) < 4.78 is 54.8. The Kier molecular flexibility index (Phi) is 38.2. The molecule has 35 nitrogen and oxygen atoms in total. The molecule has 0 saturated heterocycles. The number of aromatic nitrogens is 11. The number of halogens is 6. The van der Waals surface area contributed by atoms with Crippen LogP contribution in [0.5, 0.6) is 29.4 Å². The van der Waals surface area contributed by atoms with Crippen molar-refractivity contribution in [3.05, 3.63) is 121 Å². The van der Waals surface area contributed by atoms with Gasteiger partial charge in [0.25, 0.3) is 11.4 Å². The number of carbonyl (C=O) groups is 2. The number of rotatable bonds is 27. The molecular weight excluding hydrogens is 1750 g/mol. The van der Waals surface area contributed by atoms with Crippen molar-refractivity contribution >= 4 is 201 Å². The molecule has 44 heteroatoms.